The SMILES string of the molecule is CCCOC(=O)c1cccc(N2C(=O)c3ccc(NC(=O)c4cccc(N)c4)cc3C2=O)c1. The van der Waals surface area contributed by atoms with Crippen LogP contribution in [-0.4, -0.2) is 30.3 Å². The Morgan fingerprint density at radius 2 is 1.64 bits per heavy atom. The number of nitrogens with one attached hydrogen (secondary N) is 1. The number of ether oxygens (including phenoxy) is 1. The number of hydrogen-bond donors (Lipinski definition) is 2. The second-order valence-electron chi connectivity index (χ2n) is 7.47. The first-order chi connectivity index (χ1) is 15.9. The molecule has 4 rings (SSSR count). The minimum absolute atomic E-state index is 0.157. The number of nitrogen functional groups attached to an aromatic ring is 1. The number of benzene rings is 3. The number of anilines is 3. The van der Waals surface area contributed by atoms with E-state index in [1.807, 2.05) is 6.92 Å². The van der Waals surface area contributed by atoms with Gasteiger partial charge in [-0.05, 0) is 61.0 Å². The molecule has 8 nitrogen and oxygen atoms in total. The van der Waals surface area contributed by atoms with Crippen molar-refractivity contribution in [3.8, 4) is 0 Å². The van der Waals surface area contributed by atoms with E-state index in [4.69, 9.17) is 10.5 Å². The number of esters is 1. The average Bonchev–Trinajstić information content (AvgIpc) is 3.07. The first kappa shape index (κ1) is 21.8. The van der Waals surface area contributed by atoms with Crippen LogP contribution in [0.3, 0.4) is 0 Å². The molecule has 0 aliphatic carbocycles. The van der Waals surface area contributed by atoms with Gasteiger partial charge in [0.05, 0.1) is 29.0 Å². The number of carbonyl (C=O) groups excluding carboxylic acids is 4. The zero-order chi connectivity index (χ0) is 23.5. The lowest BCUT2D eigenvalue weighted by Crippen LogP contribution is -2.29. The molecule has 0 aromatic heterocycles. The molecule has 0 unspecified atom stereocenters. The predicted molar refractivity (Wildman–Crippen MR) is 123 cm³/mol. The Bertz CT molecular complexity index is 1280. The van der Waals surface area contributed by atoms with E-state index in [9.17, 15) is 19.2 Å². The summed E-state index contributed by atoms with van der Waals surface area (Å²) in [5.74, 6) is -1.98. The summed E-state index contributed by atoms with van der Waals surface area (Å²) in [6.45, 7) is 2.16. The lowest BCUT2D eigenvalue weighted by Gasteiger charge is -2.14. The molecule has 3 amide bonds. The molecule has 8 heteroatoms. The molecule has 1 aliphatic rings. The Labute approximate surface area is 190 Å². The van der Waals surface area contributed by atoms with Crippen LogP contribution in [0.5, 0.6) is 0 Å². The van der Waals surface area contributed by atoms with Crippen LogP contribution in [0.1, 0.15) is 54.8 Å². The van der Waals surface area contributed by atoms with Gasteiger partial charge in [0.25, 0.3) is 17.7 Å². The molecule has 1 aliphatic heterocycles. The van der Waals surface area contributed by atoms with Crippen molar-refractivity contribution >= 4 is 40.8 Å². The number of amides is 3. The number of imide groups is 1. The molecule has 3 aromatic carbocycles. The molecule has 0 atom stereocenters. The summed E-state index contributed by atoms with van der Waals surface area (Å²) in [5.41, 5.74) is 7.78. The van der Waals surface area contributed by atoms with Gasteiger partial charge >= 0.3 is 5.97 Å². The van der Waals surface area contributed by atoms with E-state index in [2.05, 4.69) is 5.32 Å². The van der Waals surface area contributed by atoms with Crippen LogP contribution < -0.4 is 16.0 Å². The highest BCUT2D eigenvalue weighted by atomic mass is 16.5. The number of nitrogens with zero attached hydrogens (tertiary/aromatic N) is 1. The fraction of sp³-hybridized carbons (Fsp3) is 0.120. The number of carbonyl (C=O) groups is 4. The van der Waals surface area contributed by atoms with E-state index in [-0.39, 0.29) is 29.0 Å². The quantitative estimate of drug-likeness (QED) is 0.339. The van der Waals surface area contributed by atoms with E-state index in [0.29, 0.717) is 23.4 Å². The molecule has 1 heterocycles. The molecule has 0 fully saturated rings. The Morgan fingerprint density at radius 3 is 2.39 bits per heavy atom. The van der Waals surface area contributed by atoms with Crippen molar-refractivity contribution in [2.24, 2.45) is 0 Å². The van der Waals surface area contributed by atoms with E-state index in [1.54, 1.807) is 42.5 Å². The molecular weight excluding hydrogens is 422 g/mol. The fourth-order valence-corrected chi connectivity index (χ4v) is 3.49. The third-order valence-electron chi connectivity index (χ3n) is 5.07. The monoisotopic (exact) mass is 443 g/mol. The lowest BCUT2D eigenvalue weighted by atomic mass is 10.1. The highest BCUT2D eigenvalue weighted by molar-refractivity contribution is 6.34. The van der Waals surface area contributed by atoms with Crippen molar-refractivity contribution in [3.63, 3.8) is 0 Å². The smallest absolute Gasteiger partial charge is 0.338 e. The second kappa shape index (κ2) is 8.96. The van der Waals surface area contributed by atoms with Crippen molar-refractivity contribution in [2.45, 2.75) is 13.3 Å². The minimum atomic E-state index is -0.547. The van der Waals surface area contributed by atoms with E-state index < -0.39 is 23.7 Å². The summed E-state index contributed by atoms with van der Waals surface area (Å²) in [5, 5.41) is 2.71. The highest BCUT2D eigenvalue weighted by Gasteiger charge is 2.37. The summed E-state index contributed by atoms with van der Waals surface area (Å²) >= 11 is 0. The van der Waals surface area contributed by atoms with Gasteiger partial charge in [-0.15, -0.1) is 0 Å². The largest absolute Gasteiger partial charge is 0.462 e. The molecule has 0 spiro atoms. The minimum Gasteiger partial charge on any atom is -0.462 e. The second-order valence-corrected chi connectivity index (χ2v) is 7.47. The van der Waals surface area contributed by atoms with Crippen LogP contribution in [0.4, 0.5) is 17.1 Å². The highest BCUT2D eigenvalue weighted by Crippen LogP contribution is 2.31. The molecule has 0 radical (unpaired) electrons. The van der Waals surface area contributed by atoms with Crippen LogP contribution >= 0.6 is 0 Å². The summed E-state index contributed by atoms with van der Waals surface area (Å²) in [6.07, 6.45) is 0.681. The maximum absolute atomic E-state index is 13.1. The topological polar surface area (TPSA) is 119 Å². The lowest BCUT2D eigenvalue weighted by molar-refractivity contribution is 0.0504. The third kappa shape index (κ3) is 4.31. The number of nitrogens with two attached hydrogens (primary N) is 1. The van der Waals surface area contributed by atoms with Gasteiger partial charge in [-0.1, -0.05) is 19.1 Å². The van der Waals surface area contributed by atoms with E-state index >= 15 is 0 Å². The molecule has 166 valence electrons. The Balaban J connectivity index is 1.58. The summed E-state index contributed by atoms with van der Waals surface area (Å²) in [6, 6.07) is 17.2. The van der Waals surface area contributed by atoms with Crippen LogP contribution in [0, 0.1) is 0 Å². The van der Waals surface area contributed by atoms with Crippen molar-refractivity contribution in [1.29, 1.82) is 0 Å². The van der Waals surface area contributed by atoms with Gasteiger partial charge in [0.15, 0.2) is 0 Å². The first-order valence-corrected chi connectivity index (χ1v) is 10.4. The first-order valence-electron chi connectivity index (χ1n) is 10.4. The van der Waals surface area contributed by atoms with Gasteiger partial charge < -0.3 is 15.8 Å². The van der Waals surface area contributed by atoms with Gasteiger partial charge in [-0.2, -0.15) is 0 Å². The normalized spacial score (nSPS) is 12.5. The zero-order valence-corrected chi connectivity index (χ0v) is 17.8. The fourth-order valence-electron chi connectivity index (χ4n) is 3.49. The standard InChI is InChI=1S/C25H21N3O5/c1-2-11-33-25(32)16-6-4-8-19(13-16)28-23(30)20-10-9-18(14-21(20)24(28)31)27-22(29)15-5-3-7-17(26)12-15/h3-10,12-14H,2,11,26H2,1H3,(H,27,29). The molecule has 3 N–H and O–H groups in total. The van der Waals surface area contributed by atoms with Gasteiger partial charge in [0, 0.05) is 16.9 Å². The van der Waals surface area contributed by atoms with Gasteiger partial charge in [0.1, 0.15) is 0 Å². The van der Waals surface area contributed by atoms with Crippen molar-refractivity contribution in [2.75, 3.05) is 22.6 Å². The predicted octanol–water partition coefficient (Wildman–Crippen LogP) is 3.89. The maximum Gasteiger partial charge on any atom is 0.338 e. The molecule has 0 saturated carbocycles. The van der Waals surface area contributed by atoms with Gasteiger partial charge in [-0.3, -0.25) is 14.4 Å². The van der Waals surface area contributed by atoms with Crippen molar-refractivity contribution in [3.05, 3.63) is 89.0 Å². The van der Waals surface area contributed by atoms with E-state index in [0.717, 1.165) is 4.90 Å². The van der Waals surface area contributed by atoms with Crippen LogP contribution in [0.2, 0.25) is 0 Å². The molecule has 33 heavy (non-hydrogen) atoms. The van der Waals surface area contributed by atoms with Crippen molar-refractivity contribution < 1.29 is 23.9 Å². The van der Waals surface area contributed by atoms with Gasteiger partial charge in [-0.25, -0.2) is 9.69 Å². The number of fused-ring (bicyclic) bond motifs is 1. The molecule has 3 aromatic rings. The average molecular weight is 443 g/mol. The summed E-state index contributed by atoms with van der Waals surface area (Å²) in [4.78, 5) is 51.7. The summed E-state index contributed by atoms with van der Waals surface area (Å²) < 4.78 is 5.13. The Kier molecular flexibility index (Phi) is 5.91. The van der Waals surface area contributed by atoms with E-state index in [1.165, 1.54) is 24.3 Å². The Morgan fingerprint density at radius 1 is 0.909 bits per heavy atom. The Hall–Kier alpha value is -4.46. The zero-order valence-electron chi connectivity index (χ0n) is 17.8. The molecular formula is C25H21N3O5. The maximum atomic E-state index is 13.1. The molecule has 0 bridgehead atoms. The number of rotatable bonds is 6. The van der Waals surface area contributed by atoms with Crippen molar-refractivity contribution in [1.82, 2.24) is 0 Å². The third-order valence-corrected chi connectivity index (χ3v) is 5.07. The summed E-state index contributed by atoms with van der Waals surface area (Å²) in [7, 11) is 0. The number of hydrogen-bond acceptors (Lipinski definition) is 6. The van der Waals surface area contributed by atoms with Crippen LogP contribution in [0.15, 0.2) is 66.7 Å². The molecule has 0 saturated heterocycles. The van der Waals surface area contributed by atoms with Crippen LogP contribution in [-0.2, 0) is 4.74 Å². The van der Waals surface area contributed by atoms with Gasteiger partial charge in [0.2, 0.25) is 0 Å². The van der Waals surface area contributed by atoms with Crippen LogP contribution in [0.25, 0.3) is 0 Å².